The van der Waals surface area contributed by atoms with Gasteiger partial charge in [-0.25, -0.2) is 0 Å². The molecular weight excluding hydrogens is 420 g/mol. The van der Waals surface area contributed by atoms with Crippen LogP contribution in [0.4, 0.5) is 17.3 Å². The summed E-state index contributed by atoms with van der Waals surface area (Å²) in [6, 6.07) is 8.33. The molecule has 0 saturated carbocycles. The highest BCUT2D eigenvalue weighted by atomic mass is 32.2. The zero-order valence-electron chi connectivity index (χ0n) is 17.0. The Kier molecular flexibility index (Phi) is 6.21. The molecule has 0 spiro atoms. The highest BCUT2D eigenvalue weighted by Gasteiger charge is 2.23. The molecule has 0 radical (unpaired) electrons. The molecule has 1 saturated heterocycles. The quantitative estimate of drug-likeness (QED) is 0.320. The Morgan fingerprint density at radius 1 is 1.26 bits per heavy atom. The van der Waals surface area contributed by atoms with Gasteiger partial charge in [0.25, 0.3) is 5.69 Å². The number of hydrogen-bond acceptors (Lipinski definition) is 8. The van der Waals surface area contributed by atoms with Crippen LogP contribution < -0.4 is 10.2 Å². The van der Waals surface area contributed by atoms with Crippen molar-refractivity contribution in [2.45, 2.75) is 31.5 Å². The van der Waals surface area contributed by atoms with Gasteiger partial charge < -0.3 is 14.6 Å². The van der Waals surface area contributed by atoms with E-state index in [2.05, 4.69) is 20.4 Å². The lowest BCUT2D eigenvalue weighted by Gasteiger charge is -2.17. The van der Waals surface area contributed by atoms with Crippen molar-refractivity contribution < 1.29 is 14.1 Å². The van der Waals surface area contributed by atoms with E-state index in [0.717, 1.165) is 37.6 Å². The Morgan fingerprint density at radius 3 is 2.77 bits per heavy atom. The molecule has 1 amide bonds. The van der Waals surface area contributed by atoms with Gasteiger partial charge in [-0.15, -0.1) is 10.2 Å². The van der Waals surface area contributed by atoms with E-state index in [1.165, 1.54) is 17.8 Å². The maximum Gasteiger partial charge on any atom is 0.274 e. The Morgan fingerprint density at radius 2 is 2.06 bits per heavy atom. The molecule has 10 nitrogen and oxygen atoms in total. The van der Waals surface area contributed by atoms with E-state index in [4.69, 9.17) is 4.42 Å². The van der Waals surface area contributed by atoms with Gasteiger partial charge in [0.15, 0.2) is 5.16 Å². The van der Waals surface area contributed by atoms with E-state index >= 15 is 0 Å². The molecule has 0 atom stereocenters. The number of aromatic nitrogens is 3. The zero-order chi connectivity index (χ0) is 21.8. The Balaban J connectivity index is 1.47. The number of nitro groups is 1. The van der Waals surface area contributed by atoms with Crippen molar-refractivity contribution in [3.8, 4) is 0 Å². The molecule has 0 bridgehead atoms. The predicted octanol–water partition coefficient (Wildman–Crippen LogP) is 3.47. The zero-order valence-corrected chi connectivity index (χ0v) is 17.8. The summed E-state index contributed by atoms with van der Waals surface area (Å²) in [6.07, 6.45) is 3.85. The molecule has 11 heteroatoms. The molecule has 0 aliphatic carbocycles. The fourth-order valence-corrected chi connectivity index (χ4v) is 4.24. The van der Waals surface area contributed by atoms with Gasteiger partial charge in [-0.2, -0.15) is 0 Å². The van der Waals surface area contributed by atoms with Crippen molar-refractivity contribution in [3.05, 3.63) is 58.0 Å². The summed E-state index contributed by atoms with van der Waals surface area (Å²) in [7, 11) is 0. The summed E-state index contributed by atoms with van der Waals surface area (Å²) in [5.74, 6) is 1.37. The molecule has 1 aromatic carbocycles. The molecule has 1 aliphatic heterocycles. The second kappa shape index (κ2) is 9.21. The Bertz CT molecular complexity index is 1080. The number of nitrogens with zero attached hydrogens (tertiary/aromatic N) is 5. The third kappa shape index (κ3) is 4.71. The predicted molar refractivity (Wildman–Crippen MR) is 116 cm³/mol. The topological polar surface area (TPSA) is 119 Å². The van der Waals surface area contributed by atoms with Gasteiger partial charge in [0.1, 0.15) is 5.76 Å². The van der Waals surface area contributed by atoms with E-state index in [9.17, 15) is 14.9 Å². The first-order chi connectivity index (χ1) is 15.0. The highest BCUT2D eigenvalue weighted by molar-refractivity contribution is 7.99. The molecule has 4 rings (SSSR count). The maximum atomic E-state index is 12.5. The van der Waals surface area contributed by atoms with Gasteiger partial charge in [0, 0.05) is 19.2 Å². The minimum atomic E-state index is -0.462. The minimum absolute atomic E-state index is 0.0288. The fraction of sp³-hybridized carbons (Fsp3) is 0.350. The van der Waals surface area contributed by atoms with Crippen LogP contribution in [0.2, 0.25) is 0 Å². The molecule has 3 aromatic rings. The molecule has 0 unspecified atom stereocenters. The number of benzene rings is 1. The Labute approximate surface area is 182 Å². The molecule has 162 valence electrons. The monoisotopic (exact) mass is 442 g/mol. The van der Waals surface area contributed by atoms with Crippen LogP contribution in [-0.2, 0) is 11.3 Å². The van der Waals surface area contributed by atoms with Crippen LogP contribution in [0.1, 0.15) is 24.2 Å². The Hall–Kier alpha value is -3.34. The van der Waals surface area contributed by atoms with E-state index in [1.54, 1.807) is 25.3 Å². The third-order valence-electron chi connectivity index (χ3n) is 5.09. The average Bonchev–Trinajstić information content (AvgIpc) is 3.50. The normalized spacial score (nSPS) is 13.5. The van der Waals surface area contributed by atoms with E-state index in [1.807, 2.05) is 16.7 Å². The highest BCUT2D eigenvalue weighted by Crippen LogP contribution is 2.28. The molecule has 2 aromatic heterocycles. The number of carbonyl (C=O) groups excluding carboxylic acids is 1. The number of carbonyl (C=O) groups is 1. The molecule has 3 heterocycles. The van der Waals surface area contributed by atoms with Crippen molar-refractivity contribution in [2.75, 3.05) is 29.1 Å². The fourth-order valence-electron chi connectivity index (χ4n) is 3.51. The summed E-state index contributed by atoms with van der Waals surface area (Å²) < 4.78 is 7.45. The first-order valence-electron chi connectivity index (χ1n) is 9.90. The van der Waals surface area contributed by atoms with Crippen LogP contribution in [0, 0.1) is 17.0 Å². The second-order valence-electron chi connectivity index (χ2n) is 7.19. The molecule has 1 aliphatic rings. The summed E-state index contributed by atoms with van der Waals surface area (Å²) in [6.45, 7) is 3.93. The number of hydrogen-bond donors (Lipinski definition) is 1. The van der Waals surface area contributed by atoms with Crippen molar-refractivity contribution in [3.63, 3.8) is 0 Å². The van der Waals surface area contributed by atoms with Crippen LogP contribution in [0.25, 0.3) is 0 Å². The van der Waals surface area contributed by atoms with Crippen molar-refractivity contribution >= 4 is 35.0 Å². The first-order valence-corrected chi connectivity index (χ1v) is 10.9. The summed E-state index contributed by atoms with van der Waals surface area (Å²) in [5.41, 5.74) is 0.816. The van der Waals surface area contributed by atoms with Crippen LogP contribution in [0.5, 0.6) is 0 Å². The lowest BCUT2D eigenvalue weighted by atomic mass is 10.1. The second-order valence-corrected chi connectivity index (χ2v) is 8.13. The van der Waals surface area contributed by atoms with Crippen LogP contribution >= 0.6 is 11.8 Å². The first kappa shape index (κ1) is 20.9. The van der Waals surface area contributed by atoms with Crippen molar-refractivity contribution in [2.24, 2.45) is 0 Å². The van der Waals surface area contributed by atoms with Crippen LogP contribution in [-0.4, -0.2) is 44.4 Å². The van der Waals surface area contributed by atoms with E-state index < -0.39 is 4.92 Å². The molecular formula is C20H22N6O4S. The number of rotatable bonds is 8. The summed E-state index contributed by atoms with van der Waals surface area (Å²) in [4.78, 5) is 25.4. The van der Waals surface area contributed by atoms with Gasteiger partial charge >= 0.3 is 0 Å². The van der Waals surface area contributed by atoms with E-state index in [-0.39, 0.29) is 17.3 Å². The van der Waals surface area contributed by atoms with E-state index in [0.29, 0.717) is 23.0 Å². The number of thioether (sulfide) groups is 1. The van der Waals surface area contributed by atoms with Gasteiger partial charge in [-0.1, -0.05) is 17.8 Å². The molecule has 31 heavy (non-hydrogen) atoms. The van der Waals surface area contributed by atoms with Gasteiger partial charge in [-0.05, 0) is 38.0 Å². The van der Waals surface area contributed by atoms with Gasteiger partial charge in [0.2, 0.25) is 11.9 Å². The minimum Gasteiger partial charge on any atom is -0.467 e. The van der Waals surface area contributed by atoms with Crippen molar-refractivity contribution in [1.29, 1.82) is 0 Å². The standard InChI is InChI=1S/C20H22N6O4S/c1-14-16(7-4-8-17(14)26(28)29)21-18(27)13-31-20-23-22-19(24-9-2-3-10-24)25(20)12-15-6-5-11-30-15/h4-8,11H,2-3,9-10,12-13H2,1H3,(H,21,27). The van der Waals surface area contributed by atoms with Gasteiger partial charge in [0.05, 0.1) is 34.7 Å². The number of amides is 1. The largest absolute Gasteiger partial charge is 0.467 e. The summed E-state index contributed by atoms with van der Waals surface area (Å²) in [5, 5.41) is 23.1. The number of anilines is 2. The number of nitro benzene ring substituents is 1. The molecule has 1 fully saturated rings. The summed E-state index contributed by atoms with van der Waals surface area (Å²) >= 11 is 1.27. The van der Waals surface area contributed by atoms with Crippen LogP contribution in [0.15, 0.2) is 46.2 Å². The average molecular weight is 443 g/mol. The third-order valence-corrected chi connectivity index (χ3v) is 6.06. The lowest BCUT2D eigenvalue weighted by molar-refractivity contribution is -0.385. The lowest BCUT2D eigenvalue weighted by Crippen LogP contribution is -2.23. The van der Waals surface area contributed by atoms with Crippen molar-refractivity contribution in [1.82, 2.24) is 14.8 Å². The number of furan rings is 1. The molecule has 1 N–H and O–H groups in total. The van der Waals surface area contributed by atoms with Crippen LogP contribution in [0.3, 0.4) is 0 Å². The maximum absolute atomic E-state index is 12.5. The smallest absolute Gasteiger partial charge is 0.274 e. The SMILES string of the molecule is Cc1c(NC(=O)CSc2nnc(N3CCCC3)n2Cc2ccco2)cccc1[N+](=O)[O-]. The number of nitrogens with one attached hydrogen (secondary N) is 1. The van der Waals surface area contributed by atoms with Gasteiger partial charge in [-0.3, -0.25) is 19.5 Å².